The number of carbonyl (C=O) groups excluding carboxylic acids is 1. The number of nitrogens with one attached hydrogen (secondary N) is 1. The number of rotatable bonds is 10. The Hall–Kier alpha value is -3.00. The van der Waals surface area contributed by atoms with Gasteiger partial charge in [-0.3, -0.25) is 4.79 Å². The van der Waals surface area contributed by atoms with Gasteiger partial charge in [-0.25, -0.2) is 0 Å². The van der Waals surface area contributed by atoms with Crippen molar-refractivity contribution < 1.29 is 14.3 Å². The molecule has 0 aliphatic carbocycles. The number of anilines is 1. The highest BCUT2D eigenvalue weighted by Crippen LogP contribution is 2.29. The molecule has 0 fully saturated rings. The van der Waals surface area contributed by atoms with Crippen molar-refractivity contribution in [2.45, 2.75) is 52.9 Å². The summed E-state index contributed by atoms with van der Waals surface area (Å²) in [6, 6.07) is 11.8. The van der Waals surface area contributed by atoms with Crippen molar-refractivity contribution in [2.24, 2.45) is 0 Å². The summed E-state index contributed by atoms with van der Waals surface area (Å²) in [7, 11) is 0. The predicted molar refractivity (Wildman–Crippen MR) is 128 cm³/mol. The van der Waals surface area contributed by atoms with Gasteiger partial charge < -0.3 is 19.4 Å². The first-order valence-corrected chi connectivity index (χ1v) is 11.7. The zero-order chi connectivity index (χ0) is 23.1. The van der Waals surface area contributed by atoms with Gasteiger partial charge in [0.2, 0.25) is 5.91 Å². The molecule has 3 rings (SSSR count). The first kappa shape index (κ1) is 23.7. The number of aryl methyl sites for hydroxylation is 3. The van der Waals surface area contributed by atoms with E-state index in [0.717, 1.165) is 16.8 Å². The Morgan fingerprint density at radius 1 is 1.00 bits per heavy atom. The molecule has 0 saturated heterocycles. The third-order valence-corrected chi connectivity index (χ3v) is 5.82. The molecule has 3 aromatic rings. The maximum absolute atomic E-state index is 12.4. The molecule has 7 nitrogen and oxygen atoms in total. The SMILES string of the molecule is CCOc1cc(C)ccc1OCc1nnc(SCC(=O)Nc2ccc(C)cc2C)n1CC. The lowest BCUT2D eigenvalue weighted by Gasteiger charge is -2.13. The highest BCUT2D eigenvalue weighted by Gasteiger charge is 2.15. The second-order valence-corrected chi connectivity index (χ2v) is 8.41. The van der Waals surface area contributed by atoms with Crippen LogP contribution in [0.2, 0.25) is 0 Å². The first-order valence-electron chi connectivity index (χ1n) is 10.7. The predicted octanol–water partition coefficient (Wildman–Crippen LogP) is 4.93. The van der Waals surface area contributed by atoms with Crippen LogP contribution in [0.25, 0.3) is 0 Å². The van der Waals surface area contributed by atoms with Crippen molar-refractivity contribution in [3.8, 4) is 11.5 Å². The zero-order valence-electron chi connectivity index (χ0n) is 19.3. The third kappa shape index (κ3) is 6.03. The van der Waals surface area contributed by atoms with Gasteiger partial charge in [0.1, 0.15) is 6.61 Å². The van der Waals surface area contributed by atoms with Crippen LogP contribution < -0.4 is 14.8 Å². The third-order valence-electron chi connectivity index (χ3n) is 4.85. The lowest BCUT2D eigenvalue weighted by atomic mass is 10.1. The van der Waals surface area contributed by atoms with Crippen LogP contribution in [0.1, 0.15) is 36.4 Å². The van der Waals surface area contributed by atoms with Gasteiger partial charge >= 0.3 is 0 Å². The van der Waals surface area contributed by atoms with E-state index in [2.05, 4.69) is 15.5 Å². The van der Waals surface area contributed by atoms with Crippen LogP contribution in [0.4, 0.5) is 5.69 Å². The molecule has 0 aliphatic rings. The van der Waals surface area contributed by atoms with E-state index >= 15 is 0 Å². The molecule has 0 radical (unpaired) electrons. The molecule has 0 bridgehead atoms. The summed E-state index contributed by atoms with van der Waals surface area (Å²) in [6.07, 6.45) is 0. The number of thioether (sulfide) groups is 1. The van der Waals surface area contributed by atoms with Crippen LogP contribution in [-0.4, -0.2) is 33.0 Å². The minimum atomic E-state index is -0.0774. The van der Waals surface area contributed by atoms with Crippen LogP contribution in [-0.2, 0) is 17.9 Å². The van der Waals surface area contributed by atoms with Gasteiger partial charge in [0.15, 0.2) is 22.5 Å². The van der Waals surface area contributed by atoms with Crippen molar-refractivity contribution in [1.29, 1.82) is 0 Å². The van der Waals surface area contributed by atoms with Gasteiger partial charge in [0.05, 0.1) is 12.4 Å². The zero-order valence-corrected chi connectivity index (χ0v) is 20.1. The molecule has 1 heterocycles. The topological polar surface area (TPSA) is 78.3 Å². The van der Waals surface area contributed by atoms with Crippen molar-refractivity contribution in [3.63, 3.8) is 0 Å². The number of ether oxygens (including phenoxy) is 2. The largest absolute Gasteiger partial charge is 0.490 e. The molecule has 0 saturated carbocycles. The molecular weight excluding hydrogens is 424 g/mol. The van der Waals surface area contributed by atoms with E-state index in [-0.39, 0.29) is 18.3 Å². The number of aromatic nitrogens is 3. The summed E-state index contributed by atoms with van der Waals surface area (Å²) in [5.41, 5.74) is 4.15. The van der Waals surface area contributed by atoms with Crippen molar-refractivity contribution >= 4 is 23.4 Å². The highest BCUT2D eigenvalue weighted by atomic mass is 32.2. The van der Waals surface area contributed by atoms with Gasteiger partial charge in [-0.2, -0.15) is 0 Å². The molecular formula is C24H30N4O3S. The van der Waals surface area contributed by atoms with E-state index < -0.39 is 0 Å². The molecule has 1 N–H and O–H groups in total. The van der Waals surface area contributed by atoms with Crippen molar-refractivity contribution in [2.75, 3.05) is 17.7 Å². The molecule has 0 unspecified atom stereocenters. The molecule has 170 valence electrons. The fraction of sp³-hybridized carbons (Fsp3) is 0.375. The Kier molecular flexibility index (Phi) is 8.16. The Balaban J connectivity index is 1.62. The van der Waals surface area contributed by atoms with Gasteiger partial charge in [-0.15, -0.1) is 10.2 Å². The second kappa shape index (κ2) is 11.0. The Morgan fingerprint density at radius 3 is 2.47 bits per heavy atom. The number of nitrogens with zero attached hydrogens (tertiary/aromatic N) is 3. The van der Waals surface area contributed by atoms with Crippen molar-refractivity contribution in [3.05, 3.63) is 58.9 Å². The van der Waals surface area contributed by atoms with Crippen LogP contribution in [0.5, 0.6) is 11.5 Å². The summed E-state index contributed by atoms with van der Waals surface area (Å²) in [4.78, 5) is 12.4. The van der Waals surface area contributed by atoms with Gasteiger partial charge in [0.25, 0.3) is 0 Å². The van der Waals surface area contributed by atoms with E-state index in [1.165, 1.54) is 17.3 Å². The van der Waals surface area contributed by atoms with Crippen LogP contribution >= 0.6 is 11.8 Å². The molecule has 2 aromatic carbocycles. The fourth-order valence-electron chi connectivity index (χ4n) is 3.27. The number of carbonyl (C=O) groups is 1. The summed E-state index contributed by atoms with van der Waals surface area (Å²) in [6.45, 7) is 11.5. The molecule has 8 heteroatoms. The maximum Gasteiger partial charge on any atom is 0.234 e. The minimum Gasteiger partial charge on any atom is -0.490 e. The summed E-state index contributed by atoms with van der Waals surface area (Å²) in [5, 5.41) is 12.2. The second-order valence-electron chi connectivity index (χ2n) is 7.47. The summed E-state index contributed by atoms with van der Waals surface area (Å²) < 4.78 is 13.6. The van der Waals surface area contributed by atoms with E-state index in [4.69, 9.17) is 9.47 Å². The lowest BCUT2D eigenvalue weighted by Crippen LogP contribution is -2.15. The standard InChI is InChI=1S/C24H30N4O3S/c1-6-28-22(14-31-20-11-9-17(4)13-21(20)30-7-2)26-27-24(28)32-15-23(29)25-19-10-8-16(3)12-18(19)5/h8-13H,6-7,14-15H2,1-5H3,(H,25,29). The highest BCUT2D eigenvalue weighted by molar-refractivity contribution is 7.99. The summed E-state index contributed by atoms with van der Waals surface area (Å²) in [5.74, 6) is 2.26. The maximum atomic E-state index is 12.4. The van der Waals surface area contributed by atoms with E-state index in [0.29, 0.717) is 35.6 Å². The molecule has 0 atom stereocenters. The molecule has 1 amide bonds. The molecule has 1 aromatic heterocycles. The van der Waals surface area contributed by atoms with Crippen LogP contribution in [0.3, 0.4) is 0 Å². The van der Waals surface area contributed by atoms with E-state index in [1.54, 1.807) is 0 Å². The quantitative estimate of drug-likeness (QED) is 0.438. The minimum absolute atomic E-state index is 0.0774. The monoisotopic (exact) mass is 454 g/mol. The molecule has 0 spiro atoms. The number of benzene rings is 2. The summed E-state index contributed by atoms with van der Waals surface area (Å²) >= 11 is 1.36. The van der Waals surface area contributed by atoms with Crippen LogP contribution in [0.15, 0.2) is 41.6 Å². The number of hydrogen-bond acceptors (Lipinski definition) is 6. The Bertz CT molecular complexity index is 1080. The van der Waals surface area contributed by atoms with Gasteiger partial charge in [-0.05, 0) is 63.9 Å². The first-order chi connectivity index (χ1) is 15.4. The average molecular weight is 455 g/mol. The number of hydrogen-bond donors (Lipinski definition) is 1. The van der Waals surface area contributed by atoms with E-state index in [9.17, 15) is 4.79 Å². The lowest BCUT2D eigenvalue weighted by molar-refractivity contribution is -0.113. The van der Waals surface area contributed by atoms with Crippen molar-refractivity contribution in [1.82, 2.24) is 14.8 Å². The molecule has 32 heavy (non-hydrogen) atoms. The van der Waals surface area contributed by atoms with E-state index in [1.807, 2.05) is 75.6 Å². The van der Waals surface area contributed by atoms with Crippen LogP contribution in [0, 0.1) is 20.8 Å². The number of amides is 1. The average Bonchev–Trinajstić information content (AvgIpc) is 3.16. The smallest absolute Gasteiger partial charge is 0.234 e. The fourth-order valence-corrected chi connectivity index (χ4v) is 4.09. The normalized spacial score (nSPS) is 10.8. The van der Waals surface area contributed by atoms with Gasteiger partial charge in [-0.1, -0.05) is 35.5 Å². The van der Waals surface area contributed by atoms with Gasteiger partial charge in [0, 0.05) is 12.2 Å². The Morgan fingerprint density at radius 2 is 1.75 bits per heavy atom. The molecule has 0 aliphatic heterocycles. The Labute approximate surface area is 193 Å².